The normalized spacial score (nSPS) is 9.38. The third-order valence-corrected chi connectivity index (χ3v) is 1.71. The number of anilines is 1. The molecule has 0 aliphatic rings. The summed E-state index contributed by atoms with van der Waals surface area (Å²) >= 11 is 3.25. The summed E-state index contributed by atoms with van der Waals surface area (Å²) in [6.45, 7) is 4.37. The van der Waals surface area contributed by atoms with Gasteiger partial charge in [0.05, 0.1) is 13.3 Å². The van der Waals surface area contributed by atoms with Gasteiger partial charge in [-0.1, -0.05) is 22.5 Å². The minimum Gasteiger partial charge on any atom is -0.495 e. The zero-order valence-corrected chi connectivity index (χ0v) is 8.97. The fourth-order valence-electron chi connectivity index (χ4n) is 0.792. The summed E-state index contributed by atoms with van der Waals surface area (Å²) < 4.78 is 5.87. The lowest BCUT2D eigenvalue weighted by Gasteiger charge is -2.04. The second kappa shape index (κ2) is 4.87. The highest BCUT2D eigenvalue weighted by molar-refractivity contribution is 9.11. The van der Waals surface area contributed by atoms with E-state index < -0.39 is 0 Å². The Balaban J connectivity index is 2.54. The van der Waals surface area contributed by atoms with Gasteiger partial charge in [-0.2, -0.15) is 0 Å². The summed E-state index contributed by atoms with van der Waals surface area (Å²) in [5, 5.41) is 3.08. The van der Waals surface area contributed by atoms with Gasteiger partial charge in [-0.15, -0.1) is 0 Å². The van der Waals surface area contributed by atoms with Gasteiger partial charge in [0.2, 0.25) is 0 Å². The lowest BCUT2D eigenvalue weighted by Crippen LogP contribution is -2.02. The van der Waals surface area contributed by atoms with E-state index in [9.17, 15) is 0 Å². The molecule has 13 heavy (non-hydrogen) atoms. The molecule has 0 spiro atoms. The van der Waals surface area contributed by atoms with Gasteiger partial charge in [0, 0.05) is 11.0 Å². The van der Waals surface area contributed by atoms with E-state index in [4.69, 9.17) is 4.74 Å². The van der Waals surface area contributed by atoms with Crippen LogP contribution in [0.3, 0.4) is 0 Å². The van der Waals surface area contributed by atoms with Gasteiger partial charge < -0.3 is 10.1 Å². The van der Waals surface area contributed by atoms with E-state index in [1.807, 2.05) is 12.1 Å². The minimum absolute atomic E-state index is 0.666. The van der Waals surface area contributed by atoms with Crippen LogP contribution in [0.4, 0.5) is 5.82 Å². The molecule has 0 saturated heterocycles. The maximum absolute atomic E-state index is 4.98. The predicted molar refractivity (Wildman–Crippen MR) is 57.3 cm³/mol. The van der Waals surface area contributed by atoms with Gasteiger partial charge in [0.1, 0.15) is 11.6 Å². The Morgan fingerprint density at radius 2 is 2.46 bits per heavy atom. The fraction of sp³-hybridized carbons (Fsp3) is 0.222. The van der Waals surface area contributed by atoms with Crippen molar-refractivity contribution >= 4 is 21.7 Å². The van der Waals surface area contributed by atoms with Crippen LogP contribution in [-0.4, -0.2) is 18.6 Å². The third-order valence-electron chi connectivity index (χ3n) is 1.43. The largest absolute Gasteiger partial charge is 0.495 e. The fourth-order valence-corrected chi connectivity index (χ4v) is 0.932. The SMILES string of the molecule is C=C(Br)CNc1ccc(OC)cn1. The van der Waals surface area contributed by atoms with Gasteiger partial charge >= 0.3 is 0 Å². The first-order chi connectivity index (χ1) is 6.22. The summed E-state index contributed by atoms with van der Waals surface area (Å²) in [5.41, 5.74) is 0. The molecule has 1 rings (SSSR count). The number of aromatic nitrogens is 1. The van der Waals surface area contributed by atoms with Gasteiger partial charge in [0.25, 0.3) is 0 Å². The molecule has 1 N–H and O–H groups in total. The zero-order valence-electron chi connectivity index (χ0n) is 7.38. The molecule has 3 nitrogen and oxygen atoms in total. The predicted octanol–water partition coefficient (Wildman–Crippen LogP) is 2.41. The van der Waals surface area contributed by atoms with Crippen molar-refractivity contribution in [1.29, 1.82) is 0 Å². The van der Waals surface area contributed by atoms with Gasteiger partial charge in [-0.25, -0.2) is 4.98 Å². The quantitative estimate of drug-likeness (QED) is 0.881. The van der Waals surface area contributed by atoms with Gasteiger partial charge in [-0.3, -0.25) is 0 Å². The van der Waals surface area contributed by atoms with E-state index in [-0.39, 0.29) is 0 Å². The molecule has 0 saturated carbocycles. The molecule has 1 aromatic heterocycles. The molecule has 70 valence electrons. The molecule has 0 unspecified atom stereocenters. The Bertz CT molecular complexity index is 284. The van der Waals surface area contributed by atoms with Crippen LogP contribution in [0.5, 0.6) is 5.75 Å². The molecule has 1 aromatic rings. The van der Waals surface area contributed by atoms with E-state index in [0.717, 1.165) is 16.0 Å². The molecule has 0 amide bonds. The number of nitrogens with one attached hydrogen (secondary N) is 1. The lowest BCUT2D eigenvalue weighted by molar-refractivity contribution is 0.413. The van der Waals surface area contributed by atoms with Crippen LogP contribution in [0.15, 0.2) is 29.4 Å². The van der Waals surface area contributed by atoms with Crippen LogP contribution >= 0.6 is 15.9 Å². The Kier molecular flexibility index (Phi) is 3.76. The molecular weight excluding hydrogens is 232 g/mol. The van der Waals surface area contributed by atoms with Crippen molar-refractivity contribution in [2.45, 2.75) is 0 Å². The number of hydrogen-bond donors (Lipinski definition) is 1. The van der Waals surface area contributed by atoms with E-state index in [1.54, 1.807) is 13.3 Å². The number of hydrogen-bond acceptors (Lipinski definition) is 3. The van der Waals surface area contributed by atoms with Crippen molar-refractivity contribution in [3.05, 3.63) is 29.4 Å². The van der Waals surface area contributed by atoms with Gasteiger partial charge in [-0.05, 0) is 12.1 Å². The van der Waals surface area contributed by atoms with Crippen molar-refractivity contribution in [2.75, 3.05) is 19.0 Å². The summed E-state index contributed by atoms with van der Waals surface area (Å²) in [5.74, 6) is 1.56. The Morgan fingerprint density at radius 3 is 2.92 bits per heavy atom. The second-order valence-electron chi connectivity index (χ2n) is 2.45. The maximum atomic E-state index is 4.98. The van der Waals surface area contributed by atoms with E-state index >= 15 is 0 Å². The number of nitrogens with zero attached hydrogens (tertiary/aromatic N) is 1. The highest BCUT2D eigenvalue weighted by Crippen LogP contribution is 2.11. The highest BCUT2D eigenvalue weighted by atomic mass is 79.9. The van der Waals surface area contributed by atoms with Crippen LogP contribution < -0.4 is 10.1 Å². The lowest BCUT2D eigenvalue weighted by atomic mass is 10.4. The number of ether oxygens (including phenoxy) is 1. The van der Waals surface area contributed by atoms with Crippen molar-refractivity contribution in [1.82, 2.24) is 4.98 Å². The first-order valence-corrected chi connectivity index (χ1v) is 4.59. The molecule has 1 heterocycles. The first kappa shape index (κ1) is 10.1. The Hall–Kier alpha value is -1.03. The number of methoxy groups -OCH3 is 1. The molecule has 4 heteroatoms. The van der Waals surface area contributed by atoms with Crippen LogP contribution in [0.1, 0.15) is 0 Å². The second-order valence-corrected chi connectivity index (χ2v) is 3.58. The standard InChI is InChI=1S/C9H11BrN2O/c1-7(10)5-11-9-4-3-8(13-2)6-12-9/h3-4,6H,1,5H2,2H3,(H,11,12). The van der Waals surface area contributed by atoms with Crippen molar-refractivity contribution in [3.8, 4) is 5.75 Å². The van der Waals surface area contributed by atoms with E-state index in [1.165, 1.54) is 0 Å². The molecule has 0 atom stereocenters. The smallest absolute Gasteiger partial charge is 0.137 e. The summed E-state index contributed by atoms with van der Waals surface area (Å²) in [6, 6.07) is 3.71. The summed E-state index contributed by atoms with van der Waals surface area (Å²) in [6.07, 6.45) is 1.67. The summed E-state index contributed by atoms with van der Waals surface area (Å²) in [4.78, 5) is 4.12. The van der Waals surface area contributed by atoms with Crippen LogP contribution in [0.25, 0.3) is 0 Å². The average molecular weight is 243 g/mol. The van der Waals surface area contributed by atoms with Crippen molar-refractivity contribution in [2.24, 2.45) is 0 Å². The van der Waals surface area contributed by atoms with Crippen LogP contribution in [-0.2, 0) is 0 Å². The first-order valence-electron chi connectivity index (χ1n) is 3.79. The molecule has 0 aliphatic heterocycles. The Morgan fingerprint density at radius 1 is 1.69 bits per heavy atom. The molecule has 0 radical (unpaired) electrons. The zero-order chi connectivity index (χ0) is 9.68. The summed E-state index contributed by atoms with van der Waals surface area (Å²) in [7, 11) is 1.62. The van der Waals surface area contributed by atoms with Crippen LogP contribution in [0.2, 0.25) is 0 Å². The molecule has 0 aromatic carbocycles. The number of pyridine rings is 1. The van der Waals surface area contributed by atoms with E-state index in [0.29, 0.717) is 6.54 Å². The molecule has 0 bridgehead atoms. The monoisotopic (exact) mass is 242 g/mol. The third kappa shape index (κ3) is 3.46. The topological polar surface area (TPSA) is 34.1 Å². The Labute approximate surface area is 86.0 Å². The minimum atomic E-state index is 0.666. The van der Waals surface area contributed by atoms with Crippen molar-refractivity contribution < 1.29 is 4.74 Å². The number of halogens is 1. The van der Waals surface area contributed by atoms with Crippen molar-refractivity contribution in [3.63, 3.8) is 0 Å². The van der Waals surface area contributed by atoms with Gasteiger partial charge in [0.15, 0.2) is 0 Å². The molecule has 0 fully saturated rings. The maximum Gasteiger partial charge on any atom is 0.137 e. The average Bonchev–Trinajstić information content (AvgIpc) is 2.15. The molecule has 0 aliphatic carbocycles. The highest BCUT2D eigenvalue weighted by Gasteiger charge is 1.94. The van der Waals surface area contributed by atoms with E-state index in [2.05, 4.69) is 32.8 Å². The molecular formula is C9H11BrN2O. The number of rotatable bonds is 4. The van der Waals surface area contributed by atoms with Crippen LogP contribution in [0, 0.1) is 0 Å².